The van der Waals surface area contributed by atoms with E-state index >= 15 is 0 Å². The van der Waals surface area contributed by atoms with E-state index in [1.807, 2.05) is 0 Å². The summed E-state index contributed by atoms with van der Waals surface area (Å²) in [7, 11) is 0. The van der Waals surface area contributed by atoms with E-state index < -0.39 is 0 Å². The van der Waals surface area contributed by atoms with Crippen LogP contribution in [0.5, 0.6) is 0 Å². The molecule has 1 N–H and O–H groups in total. The third kappa shape index (κ3) is 3.69. The highest BCUT2D eigenvalue weighted by atomic mass is 32.1. The third-order valence-electron chi connectivity index (χ3n) is 6.11. The number of hydrogen-bond donors (Lipinski definition) is 1. The first-order valence-electron chi connectivity index (χ1n) is 10.6. The molecule has 0 bridgehead atoms. The quantitative estimate of drug-likeness (QED) is 0.395. The van der Waals surface area contributed by atoms with E-state index in [2.05, 4.69) is 76.8 Å². The molecule has 3 nitrogen and oxygen atoms in total. The molecule has 1 aliphatic rings. The van der Waals surface area contributed by atoms with Crippen molar-refractivity contribution in [2.75, 3.05) is 5.32 Å². The van der Waals surface area contributed by atoms with Gasteiger partial charge in [0.2, 0.25) is 0 Å². The Kier molecular flexibility index (Phi) is 5.11. The van der Waals surface area contributed by atoms with Crippen LogP contribution in [0.4, 0.5) is 5.13 Å². The zero-order valence-electron chi connectivity index (χ0n) is 16.9. The second-order valence-electron chi connectivity index (χ2n) is 8.07. The zero-order valence-corrected chi connectivity index (χ0v) is 17.7. The van der Waals surface area contributed by atoms with Crippen LogP contribution in [0.15, 0.2) is 60.0 Å². The Morgan fingerprint density at radius 1 is 1.00 bits per heavy atom. The van der Waals surface area contributed by atoms with Gasteiger partial charge in [0.15, 0.2) is 5.13 Å². The molecular formula is C25H27N3S. The molecule has 148 valence electrons. The van der Waals surface area contributed by atoms with Gasteiger partial charge in [0.25, 0.3) is 0 Å². The van der Waals surface area contributed by atoms with Gasteiger partial charge >= 0.3 is 0 Å². The lowest BCUT2D eigenvalue weighted by Crippen LogP contribution is -2.21. The van der Waals surface area contributed by atoms with Crippen molar-refractivity contribution in [2.24, 2.45) is 0 Å². The summed E-state index contributed by atoms with van der Waals surface area (Å²) >= 11 is 1.74. The highest BCUT2D eigenvalue weighted by Gasteiger charge is 2.19. The van der Waals surface area contributed by atoms with Gasteiger partial charge < -0.3 is 9.88 Å². The number of benzene rings is 2. The molecule has 4 aromatic rings. The van der Waals surface area contributed by atoms with Crippen LogP contribution in [-0.2, 0) is 6.54 Å². The molecule has 0 aliphatic heterocycles. The minimum Gasteiger partial charge on any atom is -0.359 e. The maximum Gasteiger partial charge on any atom is 0.183 e. The summed E-state index contributed by atoms with van der Waals surface area (Å²) in [5.74, 6) is 0. The number of rotatable bonds is 5. The monoisotopic (exact) mass is 401 g/mol. The minimum absolute atomic E-state index is 0.586. The minimum atomic E-state index is 0.586. The van der Waals surface area contributed by atoms with Crippen LogP contribution in [0.3, 0.4) is 0 Å². The lowest BCUT2D eigenvalue weighted by atomic mass is 9.96. The molecule has 2 aromatic carbocycles. The Morgan fingerprint density at radius 3 is 2.59 bits per heavy atom. The van der Waals surface area contributed by atoms with Crippen LogP contribution in [-0.4, -0.2) is 15.6 Å². The molecule has 0 amide bonds. The Bertz CT molecular complexity index is 1100. The molecule has 2 aromatic heterocycles. The average molecular weight is 402 g/mol. The first-order chi connectivity index (χ1) is 14.3. The predicted molar refractivity (Wildman–Crippen MR) is 124 cm³/mol. The summed E-state index contributed by atoms with van der Waals surface area (Å²) in [6.07, 6.45) is 6.58. The van der Waals surface area contributed by atoms with Crippen molar-refractivity contribution in [1.82, 2.24) is 9.55 Å². The fourth-order valence-electron chi connectivity index (χ4n) is 4.60. The van der Waals surface area contributed by atoms with Crippen LogP contribution in [0.1, 0.15) is 43.4 Å². The van der Waals surface area contributed by atoms with E-state index in [1.165, 1.54) is 59.8 Å². The molecule has 0 saturated heterocycles. The largest absolute Gasteiger partial charge is 0.359 e. The fraction of sp³-hybridized carbons (Fsp3) is 0.320. The molecule has 0 spiro atoms. The SMILES string of the molecule is Cc1c(-c2csc(NC3CCCCC3)n2)c2ccccc2n1Cc1ccccc1. The molecule has 0 atom stereocenters. The van der Waals surface area contributed by atoms with Crippen LogP contribution in [0.25, 0.3) is 22.2 Å². The van der Waals surface area contributed by atoms with E-state index in [1.54, 1.807) is 11.3 Å². The summed E-state index contributed by atoms with van der Waals surface area (Å²) in [5, 5.41) is 8.25. The number of aromatic nitrogens is 2. The van der Waals surface area contributed by atoms with Crippen LogP contribution in [0, 0.1) is 6.92 Å². The van der Waals surface area contributed by atoms with Crippen LogP contribution in [0.2, 0.25) is 0 Å². The lowest BCUT2D eigenvalue weighted by Gasteiger charge is -2.22. The highest BCUT2D eigenvalue weighted by molar-refractivity contribution is 7.14. The molecule has 0 unspecified atom stereocenters. The van der Waals surface area contributed by atoms with Gasteiger partial charge in [-0.3, -0.25) is 0 Å². The Labute approximate surface area is 176 Å². The van der Waals surface area contributed by atoms with Gasteiger partial charge in [-0.15, -0.1) is 11.3 Å². The van der Waals surface area contributed by atoms with Crippen molar-refractivity contribution in [3.63, 3.8) is 0 Å². The van der Waals surface area contributed by atoms with Crippen molar-refractivity contribution in [3.05, 3.63) is 71.2 Å². The summed E-state index contributed by atoms with van der Waals surface area (Å²) < 4.78 is 2.42. The molecule has 1 saturated carbocycles. The second kappa shape index (κ2) is 8.03. The van der Waals surface area contributed by atoms with Crippen molar-refractivity contribution in [2.45, 2.75) is 51.6 Å². The number of thiazole rings is 1. The number of anilines is 1. The van der Waals surface area contributed by atoms with E-state index in [4.69, 9.17) is 4.98 Å². The molecule has 1 fully saturated rings. The first kappa shape index (κ1) is 18.4. The van der Waals surface area contributed by atoms with E-state index in [9.17, 15) is 0 Å². The topological polar surface area (TPSA) is 29.9 Å². The van der Waals surface area contributed by atoms with Gasteiger partial charge in [-0.2, -0.15) is 0 Å². The third-order valence-corrected chi connectivity index (χ3v) is 6.88. The number of fused-ring (bicyclic) bond motifs is 1. The molecule has 2 heterocycles. The first-order valence-corrected chi connectivity index (χ1v) is 11.5. The number of nitrogens with zero attached hydrogens (tertiary/aromatic N) is 2. The van der Waals surface area contributed by atoms with Crippen molar-refractivity contribution >= 4 is 27.4 Å². The van der Waals surface area contributed by atoms with Crippen LogP contribution >= 0.6 is 11.3 Å². The maximum absolute atomic E-state index is 5.00. The highest BCUT2D eigenvalue weighted by Crippen LogP contribution is 2.37. The van der Waals surface area contributed by atoms with Gasteiger partial charge in [-0.1, -0.05) is 67.8 Å². The van der Waals surface area contributed by atoms with Crippen molar-refractivity contribution < 1.29 is 0 Å². The van der Waals surface area contributed by atoms with Crippen molar-refractivity contribution in [3.8, 4) is 11.3 Å². The Hall–Kier alpha value is -2.59. The normalized spacial score (nSPS) is 15.1. The Balaban J connectivity index is 1.51. The summed E-state index contributed by atoms with van der Waals surface area (Å²) in [5.41, 5.74) is 6.24. The van der Waals surface area contributed by atoms with Gasteiger partial charge in [0.1, 0.15) is 0 Å². The molecule has 5 rings (SSSR count). The van der Waals surface area contributed by atoms with E-state index in [0.717, 1.165) is 17.4 Å². The zero-order chi connectivity index (χ0) is 19.6. The molecule has 1 aliphatic carbocycles. The molecule has 0 radical (unpaired) electrons. The summed E-state index contributed by atoms with van der Waals surface area (Å²) in [6, 6.07) is 20.0. The Morgan fingerprint density at radius 2 is 1.76 bits per heavy atom. The number of hydrogen-bond acceptors (Lipinski definition) is 3. The van der Waals surface area contributed by atoms with Crippen LogP contribution < -0.4 is 5.32 Å². The van der Waals surface area contributed by atoms with Gasteiger partial charge in [0.05, 0.1) is 5.69 Å². The molecular weight excluding hydrogens is 374 g/mol. The second-order valence-corrected chi connectivity index (χ2v) is 8.92. The lowest BCUT2D eigenvalue weighted by molar-refractivity contribution is 0.462. The van der Waals surface area contributed by atoms with Gasteiger partial charge in [-0.05, 0) is 31.4 Å². The standard InChI is InChI=1S/C25H27N3S/c1-18-24(22-17-29-25(27-22)26-20-12-6-3-7-13-20)21-14-8-9-15-23(21)28(18)16-19-10-4-2-5-11-19/h2,4-5,8-11,14-15,17,20H,3,6-7,12-13,16H2,1H3,(H,26,27). The summed E-state index contributed by atoms with van der Waals surface area (Å²) in [4.78, 5) is 5.00. The maximum atomic E-state index is 5.00. The number of nitrogens with one attached hydrogen (secondary N) is 1. The van der Waals surface area contributed by atoms with Crippen molar-refractivity contribution in [1.29, 1.82) is 0 Å². The molecule has 29 heavy (non-hydrogen) atoms. The fourth-order valence-corrected chi connectivity index (χ4v) is 5.38. The predicted octanol–water partition coefficient (Wildman–Crippen LogP) is 6.87. The van der Waals surface area contributed by atoms with Gasteiger partial charge in [-0.25, -0.2) is 4.98 Å². The number of para-hydroxylation sites is 1. The average Bonchev–Trinajstić information content (AvgIpc) is 3.32. The van der Waals surface area contributed by atoms with E-state index in [-0.39, 0.29) is 0 Å². The van der Waals surface area contributed by atoms with Gasteiger partial charge in [0, 0.05) is 40.1 Å². The van der Waals surface area contributed by atoms with E-state index in [0.29, 0.717) is 6.04 Å². The summed E-state index contributed by atoms with van der Waals surface area (Å²) in [6.45, 7) is 3.11. The molecule has 4 heteroatoms. The smallest absolute Gasteiger partial charge is 0.183 e.